The second kappa shape index (κ2) is 31.4. The zero-order valence-corrected chi connectivity index (χ0v) is 66.2. The Hall–Kier alpha value is -7.17. The zero-order chi connectivity index (χ0) is 85.6. The summed E-state index contributed by atoms with van der Waals surface area (Å²) in [7, 11) is -18.2. The lowest BCUT2D eigenvalue weighted by Crippen LogP contribution is -2.52. The van der Waals surface area contributed by atoms with E-state index in [9.17, 15) is 123 Å². The fourth-order valence-electron chi connectivity index (χ4n) is 20.8. The highest BCUT2D eigenvalue weighted by atomic mass is 32.2. The van der Waals surface area contributed by atoms with Crippen LogP contribution >= 0.6 is 0 Å². The third-order valence-electron chi connectivity index (χ3n) is 26.6. The molecule has 15 rings (SSSR count). The molecule has 12 bridgehead atoms. The second-order valence-corrected chi connectivity index (χ2v) is 38.1. The minimum atomic E-state index is -6.09. The summed E-state index contributed by atoms with van der Waals surface area (Å²) in [6.07, 6.45) is -11.7. The molecule has 654 valence electrons. The number of esters is 12. The van der Waals surface area contributed by atoms with Gasteiger partial charge in [-0.1, -0.05) is 20.8 Å². The molecule has 6 saturated carbocycles. The van der Waals surface area contributed by atoms with Crippen LogP contribution < -0.4 is 0 Å². The topological polar surface area (TPSA) is 515 Å². The van der Waals surface area contributed by atoms with Gasteiger partial charge in [-0.25, -0.2) is 25.3 Å². The predicted octanol–water partition coefficient (Wildman–Crippen LogP) is 3.45. The Kier molecular flexibility index (Phi) is 23.5. The summed E-state index contributed by atoms with van der Waals surface area (Å²) in [5.74, 6) is -14.4. The third-order valence-corrected chi connectivity index (χ3v) is 29.6. The quantitative estimate of drug-likeness (QED) is 0.0448. The SMILES string of the molecule is CC(C)C1(OC(=O)C2C3OC4C(OC(=O)C42)C3OC(=O)CCC(=O)OC(C)C(F)(F)S(=O)(=O)[O-])CC2CCC1C2.CC(OC(=O)CCC(=O)OC1C2OC(=O)C3C2OC1C3C(=O)OC1(C)CC2CCC1C2)C(F)(F)S(=O)(=O)[O-].CCC1(OC(=O)C2C3OC4C(OC(=O)C42)C3OC(=O)CCC(=O)OC(C)C(F)(F)S(=O)(=O)[O-])CC2CCC1C2. The summed E-state index contributed by atoms with van der Waals surface area (Å²) in [6, 6.07) is 0. The molecular weight excluding hydrogens is 1650 g/mol. The van der Waals surface area contributed by atoms with Crippen molar-refractivity contribution in [2.45, 2.75) is 295 Å². The Bertz CT molecular complexity index is 4390. The lowest BCUT2D eigenvalue weighted by atomic mass is 9.75. The number of carbonyl (C=O) groups excluding carboxylic acids is 12. The summed E-state index contributed by atoms with van der Waals surface area (Å²) in [6.45, 7) is 9.44. The van der Waals surface area contributed by atoms with Crippen molar-refractivity contribution >= 4 is 102 Å². The van der Waals surface area contributed by atoms with Crippen molar-refractivity contribution in [2.24, 2.45) is 76.9 Å². The van der Waals surface area contributed by atoms with Gasteiger partial charge in [-0.15, -0.1) is 0 Å². The standard InChI is InChI=1S/C25H32F2O12S.C24H30F2O12S.C23H28F2O12S/c1-10(2)24(9-12-4-5-13(24)8-12)39-23(31)17-16-18-21(38-22(16)30)20(19(17)37-18)36-15(29)7-6-14(28)35-11(3)25(26,27)40(32,33)34;1-3-23(9-11-4-5-12(23)8-11)38-22(30)16-15-17-20(37-21(15)29)19(18(16)36-17)35-14(28)7-6-13(27)34-10(2)24(25,26)39(31,32)33;1-9(23(24,25)38(30,31)32)33-12(26)5-6-13(27)34-18-17-15(14-16(35-17)19(18)36-20(14)28)21(29)37-22(2)8-10-3-4-11(22)7-10/h10-13,16-21H,4-9H2,1-3H3,(H,32,33,34);10-12,15-20H,3-9H2,1-2H3,(H,31,32,33);9-11,14-19H,3-8H2,1-2H3,(H,30,31,32)/p-3. The van der Waals surface area contributed by atoms with Crippen LogP contribution in [0, 0.1) is 76.9 Å². The van der Waals surface area contributed by atoms with E-state index in [4.69, 9.17) is 56.8 Å². The summed E-state index contributed by atoms with van der Waals surface area (Å²) in [5, 5.41) is -14.6. The number of ether oxygens (including phenoxy) is 15. The van der Waals surface area contributed by atoms with Crippen molar-refractivity contribution in [2.75, 3.05) is 0 Å². The molecule has 15 fully saturated rings. The molecule has 0 spiro atoms. The zero-order valence-electron chi connectivity index (χ0n) is 63.8. The van der Waals surface area contributed by atoms with E-state index >= 15 is 0 Å². The number of hydrogen-bond donors (Lipinski definition) is 0. The summed E-state index contributed by atoms with van der Waals surface area (Å²) < 4.78 is 258. The average molecular weight is 1740 g/mol. The van der Waals surface area contributed by atoms with Gasteiger partial charge >= 0.3 is 87.4 Å². The van der Waals surface area contributed by atoms with E-state index in [2.05, 4.69) is 14.2 Å². The van der Waals surface area contributed by atoms with E-state index in [1.54, 1.807) is 0 Å². The van der Waals surface area contributed by atoms with Gasteiger partial charge < -0.3 is 84.7 Å². The fourth-order valence-corrected chi connectivity index (χ4v) is 22.2. The summed E-state index contributed by atoms with van der Waals surface area (Å²) in [4.78, 5) is 151. The largest absolute Gasteiger partial charge is 0.743 e. The fraction of sp³-hybridized carbons (Fsp3) is 0.833. The molecule has 9 heterocycles. The molecule has 0 aromatic heterocycles. The first-order valence-electron chi connectivity index (χ1n) is 38.8. The van der Waals surface area contributed by atoms with Crippen LogP contribution in [0.5, 0.6) is 0 Å². The second-order valence-electron chi connectivity index (χ2n) is 33.7. The Balaban J connectivity index is 0.000000152. The molecule has 0 N–H and O–H groups in total. The maximum Gasteiger partial charge on any atom is 0.369 e. The van der Waals surface area contributed by atoms with Crippen molar-refractivity contribution in [3.63, 3.8) is 0 Å². The third kappa shape index (κ3) is 15.7. The number of rotatable bonds is 29. The van der Waals surface area contributed by atoms with Crippen molar-refractivity contribution in [1.29, 1.82) is 0 Å². The number of carbonyl (C=O) groups is 12. The van der Waals surface area contributed by atoms with Crippen LogP contribution in [-0.4, -0.2) is 235 Å². The van der Waals surface area contributed by atoms with Crippen LogP contribution in [0.25, 0.3) is 0 Å². The molecule has 0 radical (unpaired) electrons. The molecule has 9 aliphatic heterocycles. The van der Waals surface area contributed by atoms with Crippen LogP contribution in [0.3, 0.4) is 0 Å². The summed E-state index contributed by atoms with van der Waals surface area (Å²) >= 11 is 0. The first-order valence-corrected chi connectivity index (χ1v) is 43.0. The van der Waals surface area contributed by atoms with E-state index in [1.807, 2.05) is 27.7 Å². The molecule has 0 amide bonds. The highest BCUT2D eigenvalue weighted by Crippen LogP contribution is 2.61. The van der Waals surface area contributed by atoms with Gasteiger partial charge in [0.1, 0.15) is 88.9 Å². The van der Waals surface area contributed by atoms with Gasteiger partial charge in [-0.3, -0.25) is 57.5 Å². The maximum absolute atomic E-state index is 13.6. The summed E-state index contributed by atoms with van der Waals surface area (Å²) in [5.41, 5.74) is -1.89. The van der Waals surface area contributed by atoms with Crippen molar-refractivity contribution in [3.8, 4) is 0 Å². The number of fused-ring (bicyclic) bond motifs is 9. The highest BCUT2D eigenvalue weighted by Gasteiger charge is 2.76. The molecule has 30 unspecified atom stereocenters. The Morgan fingerprint density at radius 3 is 1.01 bits per heavy atom. The molecule has 36 nitrogen and oxygen atoms in total. The molecule has 6 aliphatic carbocycles. The Labute approximate surface area is 664 Å². The van der Waals surface area contributed by atoms with E-state index in [0.29, 0.717) is 44.9 Å². The van der Waals surface area contributed by atoms with Crippen molar-refractivity contribution in [3.05, 3.63) is 0 Å². The van der Waals surface area contributed by atoms with Crippen LogP contribution in [0.2, 0.25) is 0 Å². The lowest BCUT2D eigenvalue weighted by molar-refractivity contribution is -0.184. The molecule has 30 atom stereocenters. The lowest BCUT2D eigenvalue weighted by Gasteiger charge is -2.42. The normalized spacial score (nSPS) is 39.0. The molecular formula is C72H87F6O36S3-3. The van der Waals surface area contributed by atoms with Gasteiger partial charge in [0.05, 0.1) is 38.5 Å². The molecule has 0 aromatic carbocycles. The monoisotopic (exact) mass is 1740 g/mol. The van der Waals surface area contributed by atoms with Crippen LogP contribution in [0.1, 0.15) is 170 Å². The molecule has 15 aliphatic rings. The molecule has 45 heteroatoms. The van der Waals surface area contributed by atoms with Crippen molar-refractivity contribution < 1.29 is 194 Å². The Morgan fingerprint density at radius 1 is 0.419 bits per heavy atom. The first-order chi connectivity index (χ1) is 54.4. The van der Waals surface area contributed by atoms with Gasteiger partial charge in [0, 0.05) is 0 Å². The van der Waals surface area contributed by atoms with Crippen LogP contribution in [0.15, 0.2) is 0 Å². The minimum Gasteiger partial charge on any atom is -0.743 e. The van der Waals surface area contributed by atoms with E-state index < -0.39 is 300 Å². The predicted molar refractivity (Wildman–Crippen MR) is 358 cm³/mol. The minimum absolute atomic E-state index is 0.0549. The number of alkyl halides is 6. The van der Waals surface area contributed by atoms with Crippen LogP contribution in [-0.2, 0) is 159 Å². The number of halogens is 6. The highest BCUT2D eigenvalue weighted by molar-refractivity contribution is 7.87. The van der Waals surface area contributed by atoms with E-state index in [1.165, 1.54) is 0 Å². The van der Waals surface area contributed by atoms with Gasteiger partial charge in [-0.05, 0) is 153 Å². The van der Waals surface area contributed by atoms with Crippen LogP contribution in [0.4, 0.5) is 26.3 Å². The van der Waals surface area contributed by atoms with Gasteiger partial charge in [-0.2, -0.15) is 26.3 Å². The van der Waals surface area contributed by atoms with E-state index in [0.717, 1.165) is 77.0 Å². The number of hydrogen-bond acceptors (Lipinski definition) is 36. The Morgan fingerprint density at radius 2 is 0.726 bits per heavy atom. The smallest absolute Gasteiger partial charge is 0.369 e. The molecule has 9 saturated heterocycles. The van der Waals surface area contributed by atoms with Crippen molar-refractivity contribution in [1.82, 2.24) is 0 Å². The van der Waals surface area contributed by atoms with Gasteiger partial charge in [0.15, 0.2) is 85.3 Å². The average Bonchev–Trinajstić information content (AvgIpc) is 1.55. The molecule has 117 heavy (non-hydrogen) atoms. The molecule has 0 aromatic rings. The van der Waals surface area contributed by atoms with E-state index in [-0.39, 0.29) is 23.7 Å². The maximum atomic E-state index is 13.6. The first kappa shape index (κ1) is 87.6. The van der Waals surface area contributed by atoms with Gasteiger partial charge in [0.25, 0.3) is 0 Å². The van der Waals surface area contributed by atoms with Gasteiger partial charge in [0.2, 0.25) is 0 Å².